The highest BCUT2D eigenvalue weighted by Gasteiger charge is 2.51. The highest BCUT2D eigenvalue weighted by atomic mass is 16.5. The van der Waals surface area contributed by atoms with Gasteiger partial charge in [-0.25, -0.2) is 0 Å². The fourth-order valence-electron chi connectivity index (χ4n) is 9.36. The Morgan fingerprint density at radius 3 is 1.50 bits per heavy atom. The maximum absolute atomic E-state index is 6.57. The summed E-state index contributed by atoms with van der Waals surface area (Å²) in [5.41, 5.74) is 15.9. The van der Waals surface area contributed by atoms with Crippen molar-refractivity contribution in [2.75, 3.05) is 0 Å². The topological polar surface area (TPSA) is 9.23 Å². The molecule has 0 aromatic heterocycles. The molecule has 0 N–H and O–H groups in total. The molecule has 1 fully saturated rings. The Balaban J connectivity index is 1.21. The second-order valence-electron chi connectivity index (χ2n) is 13.1. The van der Waals surface area contributed by atoms with E-state index >= 15 is 0 Å². The van der Waals surface area contributed by atoms with Gasteiger partial charge in [0.15, 0.2) is 0 Å². The largest absolute Gasteiger partial charge is 0.457 e. The van der Waals surface area contributed by atoms with Crippen molar-refractivity contribution in [2.45, 2.75) is 42.9 Å². The lowest BCUT2D eigenvalue weighted by molar-refractivity contribution is 0.306. The van der Waals surface area contributed by atoms with Crippen LogP contribution in [0, 0.1) is 0 Å². The second-order valence-corrected chi connectivity index (χ2v) is 13.1. The lowest BCUT2D eigenvalue weighted by Gasteiger charge is -2.43. The first-order valence-electron chi connectivity index (χ1n) is 16.2. The summed E-state index contributed by atoms with van der Waals surface area (Å²) >= 11 is 0. The molecule has 0 atom stereocenters. The Bertz CT molecular complexity index is 2080. The van der Waals surface area contributed by atoms with Crippen LogP contribution in [0.15, 0.2) is 133 Å². The van der Waals surface area contributed by atoms with E-state index in [4.69, 9.17) is 4.74 Å². The van der Waals surface area contributed by atoms with Gasteiger partial charge in [-0.3, -0.25) is 0 Å². The number of ether oxygens (including phenoxy) is 1. The van der Waals surface area contributed by atoms with Crippen LogP contribution in [-0.4, -0.2) is 0 Å². The quantitative estimate of drug-likeness (QED) is 0.193. The van der Waals surface area contributed by atoms with E-state index in [1.807, 2.05) is 0 Å². The number of hydrogen-bond donors (Lipinski definition) is 0. The van der Waals surface area contributed by atoms with Crippen LogP contribution in [0.1, 0.15) is 65.5 Å². The second kappa shape index (κ2) is 8.83. The van der Waals surface area contributed by atoms with Crippen molar-refractivity contribution < 1.29 is 4.74 Å². The van der Waals surface area contributed by atoms with Gasteiger partial charge in [0.1, 0.15) is 11.5 Å². The van der Waals surface area contributed by atoms with E-state index in [1.165, 1.54) is 98.9 Å². The van der Waals surface area contributed by atoms with Gasteiger partial charge in [0, 0.05) is 16.5 Å². The van der Waals surface area contributed by atoms with Crippen molar-refractivity contribution in [3.8, 4) is 44.9 Å². The van der Waals surface area contributed by atoms with Crippen molar-refractivity contribution in [3.63, 3.8) is 0 Å². The van der Waals surface area contributed by atoms with E-state index in [2.05, 4.69) is 133 Å². The zero-order valence-electron chi connectivity index (χ0n) is 24.6. The minimum Gasteiger partial charge on any atom is -0.457 e. The summed E-state index contributed by atoms with van der Waals surface area (Å²) in [6.07, 6.45) is 6.20. The standard InChI is InChI=1S/C43H32O/c1-10-24-42(25-11-1)37-18-8-9-19-40(37)44-41-23-21-29(27-39(41)42)28-20-22-33-32-14-4-7-17-36(32)43(38(33)26-28)34-15-5-2-12-30(34)31-13-3-6-16-35(31)43/h2-9,12-23,26-27H,1,10-11,24-25H2. The van der Waals surface area contributed by atoms with Crippen LogP contribution in [0.2, 0.25) is 0 Å². The molecule has 0 amide bonds. The van der Waals surface area contributed by atoms with E-state index in [-0.39, 0.29) is 10.8 Å². The third-order valence-corrected chi connectivity index (χ3v) is 11.2. The maximum Gasteiger partial charge on any atom is 0.131 e. The molecule has 0 radical (unpaired) electrons. The van der Waals surface area contributed by atoms with Crippen molar-refractivity contribution in [3.05, 3.63) is 167 Å². The fraction of sp³-hybridized carbons (Fsp3) is 0.163. The first-order chi connectivity index (χ1) is 21.8. The summed E-state index contributed by atoms with van der Waals surface area (Å²) in [6, 6.07) is 50.1. The molecule has 1 aliphatic heterocycles. The Morgan fingerprint density at radius 2 is 0.864 bits per heavy atom. The van der Waals surface area contributed by atoms with E-state index in [0.717, 1.165) is 11.5 Å². The summed E-state index contributed by atoms with van der Waals surface area (Å²) in [5.74, 6) is 2.06. The predicted molar refractivity (Wildman–Crippen MR) is 179 cm³/mol. The van der Waals surface area contributed by atoms with Crippen molar-refractivity contribution >= 4 is 0 Å². The highest BCUT2D eigenvalue weighted by molar-refractivity contribution is 5.95. The van der Waals surface area contributed by atoms with Crippen LogP contribution < -0.4 is 4.74 Å². The van der Waals surface area contributed by atoms with Gasteiger partial charge >= 0.3 is 0 Å². The predicted octanol–water partition coefficient (Wildman–Crippen LogP) is 11.1. The molecule has 44 heavy (non-hydrogen) atoms. The molecule has 10 rings (SSSR count). The molecule has 2 spiro atoms. The monoisotopic (exact) mass is 564 g/mol. The Hall–Kier alpha value is -4.88. The Morgan fingerprint density at radius 1 is 0.386 bits per heavy atom. The molecule has 1 saturated carbocycles. The number of benzene rings is 6. The van der Waals surface area contributed by atoms with Crippen molar-refractivity contribution in [1.29, 1.82) is 0 Å². The summed E-state index contributed by atoms with van der Waals surface area (Å²) < 4.78 is 6.57. The molecule has 1 nitrogen and oxygen atoms in total. The molecule has 0 bridgehead atoms. The number of fused-ring (bicyclic) bond motifs is 14. The van der Waals surface area contributed by atoms with E-state index in [9.17, 15) is 0 Å². The summed E-state index contributed by atoms with van der Waals surface area (Å²) in [6.45, 7) is 0. The number of para-hydroxylation sites is 1. The van der Waals surface area contributed by atoms with Crippen molar-refractivity contribution in [1.82, 2.24) is 0 Å². The molecule has 1 heteroatoms. The van der Waals surface area contributed by atoms with Gasteiger partial charge in [-0.2, -0.15) is 0 Å². The number of rotatable bonds is 1. The number of hydrogen-bond acceptors (Lipinski definition) is 1. The SMILES string of the molecule is c1ccc2c(c1)Oc1ccc(-c3ccc4c(c3)C3(c5ccccc5-c5ccccc53)c3ccccc3-4)cc1C21CCCCC1. The third-order valence-electron chi connectivity index (χ3n) is 11.2. The van der Waals surface area contributed by atoms with Gasteiger partial charge in [0.2, 0.25) is 0 Å². The molecule has 4 aliphatic rings. The zero-order chi connectivity index (χ0) is 28.9. The molecule has 3 aliphatic carbocycles. The molecule has 6 aromatic carbocycles. The van der Waals surface area contributed by atoms with Crippen LogP contribution in [0.5, 0.6) is 11.5 Å². The molecule has 210 valence electrons. The zero-order valence-corrected chi connectivity index (χ0v) is 24.6. The normalized spacial score (nSPS) is 17.2. The van der Waals surface area contributed by atoms with Gasteiger partial charge in [-0.05, 0) is 92.7 Å². The fourth-order valence-corrected chi connectivity index (χ4v) is 9.36. The molecule has 0 saturated heterocycles. The molecular formula is C43H32O. The van der Waals surface area contributed by atoms with Crippen LogP contribution >= 0.6 is 0 Å². The van der Waals surface area contributed by atoms with Crippen LogP contribution in [0.3, 0.4) is 0 Å². The minimum absolute atomic E-state index is 0.0238. The van der Waals surface area contributed by atoms with Crippen LogP contribution in [0.4, 0.5) is 0 Å². The average Bonchev–Trinajstić information content (AvgIpc) is 3.56. The van der Waals surface area contributed by atoms with E-state index in [0.29, 0.717) is 0 Å². The van der Waals surface area contributed by atoms with Crippen LogP contribution in [0.25, 0.3) is 33.4 Å². The molecule has 0 unspecified atom stereocenters. The lowest BCUT2D eigenvalue weighted by atomic mass is 9.63. The minimum atomic E-state index is -0.323. The third kappa shape index (κ3) is 3.00. The smallest absolute Gasteiger partial charge is 0.131 e. The van der Waals surface area contributed by atoms with Crippen molar-refractivity contribution in [2.24, 2.45) is 0 Å². The maximum atomic E-state index is 6.57. The molecule has 6 aromatic rings. The summed E-state index contributed by atoms with van der Waals surface area (Å²) in [5, 5.41) is 0. The molecular weight excluding hydrogens is 532 g/mol. The first kappa shape index (κ1) is 24.6. The van der Waals surface area contributed by atoms with Crippen LogP contribution in [-0.2, 0) is 10.8 Å². The van der Waals surface area contributed by atoms with Gasteiger partial charge in [0.05, 0.1) is 5.41 Å². The van der Waals surface area contributed by atoms with Gasteiger partial charge in [-0.15, -0.1) is 0 Å². The lowest BCUT2D eigenvalue weighted by Crippen LogP contribution is -2.33. The van der Waals surface area contributed by atoms with E-state index in [1.54, 1.807) is 0 Å². The van der Waals surface area contributed by atoms with Gasteiger partial charge < -0.3 is 4.74 Å². The van der Waals surface area contributed by atoms with E-state index < -0.39 is 0 Å². The van der Waals surface area contributed by atoms with Gasteiger partial charge in [-0.1, -0.05) is 128 Å². The summed E-state index contributed by atoms with van der Waals surface area (Å²) in [4.78, 5) is 0. The highest BCUT2D eigenvalue weighted by Crippen LogP contribution is 2.63. The summed E-state index contributed by atoms with van der Waals surface area (Å²) in [7, 11) is 0. The van der Waals surface area contributed by atoms with Gasteiger partial charge in [0.25, 0.3) is 0 Å². The molecule has 1 heterocycles. The first-order valence-corrected chi connectivity index (χ1v) is 16.2. The Labute approximate surface area is 258 Å². The average molecular weight is 565 g/mol. The Kier molecular flexibility index (Phi) is 4.93.